The van der Waals surface area contributed by atoms with Gasteiger partial charge in [0.15, 0.2) is 0 Å². The standard InChI is InChI=1S/C27H39N3O3.C22H31N3O.C16H20N2O2.C10H20N2O2/c1-19-8-9-24-22(15-19)23-18-28(5)13-11-25(23)30(24)14-10-21(31)16-20-7-6-12-29(17-20)26(32)33-27(2,3)4;1-16-5-6-21-19(12-16)20-15-24(2)10-8-22(20)25(21)11-7-18(26)13-17-4-3-9-23-14-17;1-11-3-4-14-12(9-11)13-10-17(2)7-5-15(13)18(14)8-6-16(19)20;1-10(2,3)14-9(13)12-6-4-5-8(11)7-12/h8-9,15,20H,6-7,10-14,16-18H2,1-5H3;5-6,12,17,23H,3-4,7-11,13-15H2,1-2H3;3-4,9H,5-8,10H2,1-2H3,(H,19,20);8H,4-7,11H2,1-3H3. The number of carbonyl (C=O) groups is 5. The highest BCUT2D eigenvalue weighted by Crippen LogP contribution is 2.35. The number of aryl methyl sites for hydroxylation is 6. The maximum absolute atomic E-state index is 13.0. The van der Waals surface area contributed by atoms with Gasteiger partial charge in [-0.2, -0.15) is 0 Å². The number of nitrogens with zero attached hydrogens (tertiary/aromatic N) is 8. The molecule has 0 aliphatic carbocycles. The van der Waals surface area contributed by atoms with E-state index in [1.54, 1.807) is 9.80 Å². The number of carboxylic acid groups (broad SMARTS) is 1. The third kappa shape index (κ3) is 19.1. The van der Waals surface area contributed by atoms with Crippen LogP contribution in [-0.4, -0.2) is 170 Å². The molecule has 18 nitrogen and oxygen atoms in total. The van der Waals surface area contributed by atoms with Crippen molar-refractivity contribution < 1.29 is 38.6 Å². The van der Waals surface area contributed by atoms with Gasteiger partial charge >= 0.3 is 18.2 Å². The topological polar surface area (TPSA) is 193 Å². The van der Waals surface area contributed by atoms with Crippen molar-refractivity contribution in [2.24, 2.45) is 17.6 Å². The van der Waals surface area contributed by atoms with E-state index in [0.29, 0.717) is 56.4 Å². The van der Waals surface area contributed by atoms with Crippen LogP contribution in [0.4, 0.5) is 9.59 Å². The molecule has 2 amide bonds. The Morgan fingerprint density at radius 3 is 1.30 bits per heavy atom. The molecular weight excluding hydrogens is 1170 g/mol. The minimum atomic E-state index is -0.736. The summed E-state index contributed by atoms with van der Waals surface area (Å²) in [5, 5.41) is 16.4. The monoisotopic (exact) mass is 1280 g/mol. The lowest BCUT2D eigenvalue weighted by molar-refractivity contribution is -0.137. The summed E-state index contributed by atoms with van der Waals surface area (Å²) in [7, 11) is 6.51. The van der Waals surface area contributed by atoms with Gasteiger partial charge < -0.3 is 63.8 Å². The van der Waals surface area contributed by atoms with Crippen molar-refractivity contribution in [1.29, 1.82) is 0 Å². The maximum Gasteiger partial charge on any atom is 0.410 e. The molecule has 3 aromatic carbocycles. The average molecular weight is 1280 g/mol. The number of likely N-dealkylation sites (tertiary alicyclic amines) is 2. The van der Waals surface area contributed by atoms with E-state index in [-0.39, 0.29) is 30.6 Å². The molecule has 0 radical (unpaired) electrons. The molecule has 0 saturated carbocycles. The Hall–Kier alpha value is -6.57. The van der Waals surface area contributed by atoms with Crippen LogP contribution in [0.3, 0.4) is 0 Å². The number of likely N-dealkylation sites (N-methyl/N-ethyl adjacent to an activating group) is 3. The summed E-state index contributed by atoms with van der Waals surface area (Å²) >= 11 is 0. The second-order valence-corrected chi connectivity index (χ2v) is 29.9. The highest BCUT2D eigenvalue weighted by atomic mass is 16.6. The number of rotatable bonds is 13. The predicted molar refractivity (Wildman–Crippen MR) is 372 cm³/mol. The number of fused-ring (bicyclic) bond motifs is 9. The van der Waals surface area contributed by atoms with Crippen LogP contribution >= 0.6 is 0 Å². The first-order chi connectivity index (χ1) is 44.2. The molecule has 3 unspecified atom stereocenters. The Bertz CT molecular complexity index is 3600. The lowest BCUT2D eigenvalue weighted by Gasteiger charge is -2.34. The number of Topliss-reactive ketones (excluding diaryl/α,β-unsaturated/α-hetero) is 2. The van der Waals surface area contributed by atoms with Crippen LogP contribution < -0.4 is 11.1 Å². The highest BCUT2D eigenvalue weighted by Gasteiger charge is 2.31. The number of ketones is 2. The Balaban J connectivity index is 0.000000153. The van der Waals surface area contributed by atoms with Gasteiger partial charge in [-0.3, -0.25) is 14.4 Å². The SMILES string of the molecule is CC(C)(C)OC(=O)N1CCCC(N)C1.Cc1ccc2c(c1)c1c(n2CCC(=O)CC2CCCN(C(=O)OC(C)(C)C)C2)CCN(C)C1.Cc1ccc2c(c1)c1c(n2CCC(=O)CC2CCCNC2)CCN(C)C1.Cc1ccc2c(c1)c1c(n2CCC(=O)O)CCN(C)C1. The number of aliphatic carboxylic acids is 1. The summed E-state index contributed by atoms with van der Waals surface area (Å²) in [5.41, 5.74) is 20.9. The molecule has 3 aromatic heterocycles. The van der Waals surface area contributed by atoms with Gasteiger partial charge in [0, 0.05) is 186 Å². The second kappa shape index (κ2) is 31.3. The Kier molecular flexibility index (Phi) is 23.8. The van der Waals surface area contributed by atoms with Crippen LogP contribution in [0.1, 0.15) is 163 Å². The first kappa shape index (κ1) is 70.7. The van der Waals surface area contributed by atoms with Gasteiger partial charge in [-0.1, -0.05) is 34.9 Å². The maximum atomic E-state index is 13.0. The molecule has 3 atom stereocenters. The fourth-order valence-electron chi connectivity index (χ4n) is 14.7. The van der Waals surface area contributed by atoms with E-state index in [1.165, 1.54) is 96.0 Å². The Labute approximate surface area is 553 Å². The molecule has 93 heavy (non-hydrogen) atoms. The van der Waals surface area contributed by atoms with Gasteiger partial charge in [0.2, 0.25) is 0 Å². The van der Waals surface area contributed by atoms with Crippen LogP contribution in [0.25, 0.3) is 32.7 Å². The van der Waals surface area contributed by atoms with Gasteiger partial charge in [-0.05, 0) is 200 Å². The number of hydrogen-bond donors (Lipinski definition) is 3. The average Bonchev–Trinajstić information content (AvgIpc) is 1.63. The molecule has 9 heterocycles. The molecule has 508 valence electrons. The summed E-state index contributed by atoms with van der Waals surface area (Å²) in [6.45, 7) is 30.8. The molecule has 4 N–H and O–H groups in total. The minimum Gasteiger partial charge on any atom is -0.481 e. The fourth-order valence-corrected chi connectivity index (χ4v) is 14.7. The quantitative estimate of drug-likeness (QED) is 0.0990. The molecule has 18 heteroatoms. The van der Waals surface area contributed by atoms with Crippen LogP contribution in [0, 0.1) is 32.6 Å². The molecule has 6 aromatic rings. The fraction of sp³-hybridized carbons (Fsp3) is 0.613. The molecule has 3 saturated heterocycles. The largest absolute Gasteiger partial charge is 0.481 e. The number of nitrogens with two attached hydrogens (primary N) is 1. The van der Waals surface area contributed by atoms with E-state index >= 15 is 0 Å². The van der Waals surface area contributed by atoms with Crippen LogP contribution in [-0.2, 0) is 82.4 Å². The number of nitrogens with one attached hydrogen (secondary N) is 1. The van der Waals surface area contributed by atoms with E-state index in [4.69, 9.17) is 20.3 Å². The first-order valence-corrected chi connectivity index (χ1v) is 34.7. The molecule has 6 aliphatic heterocycles. The van der Waals surface area contributed by atoms with Crippen molar-refractivity contribution in [1.82, 2.24) is 43.5 Å². The number of amides is 2. The van der Waals surface area contributed by atoms with Crippen molar-refractivity contribution in [2.75, 3.05) is 80.0 Å². The molecule has 0 spiro atoms. The molecule has 12 rings (SSSR count). The summed E-state index contributed by atoms with van der Waals surface area (Å²) in [4.78, 5) is 71.0. The van der Waals surface area contributed by atoms with E-state index in [1.807, 2.05) is 41.5 Å². The molecule has 3 fully saturated rings. The molecular formula is C75H110N10O8. The van der Waals surface area contributed by atoms with Crippen LogP contribution in [0.2, 0.25) is 0 Å². The molecule has 0 bridgehead atoms. The van der Waals surface area contributed by atoms with Crippen molar-refractivity contribution in [2.45, 2.75) is 209 Å². The van der Waals surface area contributed by atoms with E-state index in [0.717, 1.165) is 130 Å². The lowest BCUT2D eigenvalue weighted by Crippen LogP contribution is -2.47. The van der Waals surface area contributed by atoms with Crippen molar-refractivity contribution in [3.05, 3.63) is 105 Å². The van der Waals surface area contributed by atoms with Crippen molar-refractivity contribution in [3.8, 4) is 0 Å². The third-order valence-corrected chi connectivity index (χ3v) is 19.3. The first-order valence-electron chi connectivity index (χ1n) is 34.7. The van der Waals surface area contributed by atoms with Gasteiger partial charge in [-0.15, -0.1) is 0 Å². The smallest absolute Gasteiger partial charge is 0.410 e. The highest BCUT2D eigenvalue weighted by molar-refractivity contribution is 5.89. The van der Waals surface area contributed by atoms with E-state index in [9.17, 15) is 24.0 Å². The van der Waals surface area contributed by atoms with E-state index in [2.05, 4.69) is 130 Å². The third-order valence-electron chi connectivity index (χ3n) is 19.3. The normalized spacial score (nSPS) is 19.7. The number of aromatic nitrogens is 3. The zero-order chi connectivity index (χ0) is 66.9. The van der Waals surface area contributed by atoms with Crippen molar-refractivity contribution >= 4 is 62.4 Å². The Morgan fingerprint density at radius 1 is 0.527 bits per heavy atom. The number of benzene rings is 3. The van der Waals surface area contributed by atoms with Gasteiger partial charge in [0.1, 0.15) is 22.8 Å². The number of carbonyl (C=O) groups excluding carboxylic acids is 4. The van der Waals surface area contributed by atoms with Crippen molar-refractivity contribution in [3.63, 3.8) is 0 Å². The zero-order valence-corrected chi connectivity index (χ0v) is 58.4. The minimum absolute atomic E-state index is 0.108. The summed E-state index contributed by atoms with van der Waals surface area (Å²) in [6, 6.07) is 20.0. The van der Waals surface area contributed by atoms with Crippen LogP contribution in [0.5, 0.6) is 0 Å². The molecule has 6 aliphatic rings. The van der Waals surface area contributed by atoms with E-state index < -0.39 is 17.2 Å². The second-order valence-electron chi connectivity index (χ2n) is 29.9. The van der Waals surface area contributed by atoms with Crippen LogP contribution in [0.15, 0.2) is 54.6 Å². The Morgan fingerprint density at radius 2 is 0.914 bits per heavy atom. The van der Waals surface area contributed by atoms with Gasteiger partial charge in [-0.25, -0.2) is 9.59 Å². The van der Waals surface area contributed by atoms with Gasteiger partial charge in [0.25, 0.3) is 0 Å². The summed E-state index contributed by atoms with van der Waals surface area (Å²) in [6.07, 6.45) is 11.6. The predicted octanol–water partition coefficient (Wildman–Crippen LogP) is 12.0. The number of ether oxygens (including phenoxy) is 2. The summed E-state index contributed by atoms with van der Waals surface area (Å²) in [5.74, 6) is 0.755. The van der Waals surface area contributed by atoms with Gasteiger partial charge in [0.05, 0.1) is 6.42 Å². The number of piperidine rings is 3. The zero-order valence-electron chi connectivity index (χ0n) is 58.4. The lowest BCUT2D eigenvalue weighted by atomic mass is 9.92. The number of carboxylic acids is 1. The summed E-state index contributed by atoms with van der Waals surface area (Å²) < 4.78 is 17.8. The number of hydrogen-bond acceptors (Lipinski definition) is 12.